The van der Waals surface area contributed by atoms with E-state index in [0.717, 1.165) is 12.2 Å². The van der Waals surface area contributed by atoms with Crippen LogP contribution in [0.3, 0.4) is 0 Å². The average Bonchev–Trinajstić information content (AvgIpc) is 3.24. The summed E-state index contributed by atoms with van der Waals surface area (Å²) in [5, 5.41) is 0. The van der Waals surface area contributed by atoms with Crippen LogP contribution in [-0.2, 0) is 13.1 Å². The van der Waals surface area contributed by atoms with Crippen molar-refractivity contribution >= 4 is 5.91 Å². The van der Waals surface area contributed by atoms with E-state index in [2.05, 4.69) is 29.0 Å². The fourth-order valence-electron chi connectivity index (χ4n) is 2.84. The number of carbonyl (C=O) groups is 1. The normalized spacial score (nSPS) is 11.5. The van der Waals surface area contributed by atoms with E-state index in [-0.39, 0.29) is 11.4 Å². The van der Waals surface area contributed by atoms with Crippen LogP contribution >= 0.6 is 0 Å². The highest BCUT2D eigenvalue weighted by Gasteiger charge is 2.29. The molecule has 4 nitrogen and oxygen atoms in total. The van der Waals surface area contributed by atoms with Gasteiger partial charge in [0.2, 0.25) is 0 Å². The molecule has 0 aliphatic rings. The smallest absolute Gasteiger partial charge is 0.290 e. The molecule has 2 aromatic heterocycles. The van der Waals surface area contributed by atoms with Crippen LogP contribution in [-0.4, -0.2) is 20.9 Å². The second-order valence-corrected chi connectivity index (χ2v) is 7.15. The maximum Gasteiger partial charge on any atom is 0.290 e. The SMILES string of the molecule is CC(C)(C)N(Cc1cccn1Cc1ccccc1)C(=O)c1ccco1. The molecule has 0 radical (unpaired) electrons. The number of aromatic nitrogens is 1. The van der Waals surface area contributed by atoms with Gasteiger partial charge >= 0.3 is 0 Å². The van der Waals surface area contributed by atoms with Gasteiger partial charge < -0.3 is 13.9 Å². The Morgan fingerprint density at radius 3 is 2.44 bits per heavy atom. The van der Waals surface area contributed by atoms with E-state index in [9.17, 15) is 4.79 Å². The lowest BCUT2D eigenvalue weighted by Gasteiger charge is -2.35. The Balaban J connectivity index is 1.84. The first-order chi connectivity index (χ1) is 11.9. The van der Waals surface area contributed by atoms with Gasteiger partial charge in [-0.1, -0.05) is 30.3 Å². The third-order valence-corrected chi connectivity index (χ3v) is 4.23. The zero-order valence-corrected chi connectivity index (χ0v) is 15.0. The maximum atomic E-state index is 12.9. The summed E-state index contributed by atoms with van der Waals surface area (Å²) in [5.74, 6) is 0.279. The van der Waals surface area contributed by atoms with Gasteiger partial charge in [-0.05, 0) is 50.6 Å². The van der Waals surface area contributed by atoms with Gasteiger partial charge in [0.1, 0.15) is 0 Å². The van der Waals surface area contributed by atoms with Gasteiger partial charge in [0.25, 0.3) is 5.91 Å². The molecule has 0 saturated carbocycles. The van der Waals surface area contributed by atoms with Gasteiger partial charge in [0, 0.05) is 24.0 Å². The second kappa shape index (κ2) is 7.01. The molecule has 0 atom stereocenters. The van der Waals surface area contributed by atoms with Crippen LogP contribution in [0.5, 0.6) is 0 Å². The summed E-state index contributed by atoms with van der Waals surface area (Å²) in [6, 6.07) is 17.9. The van der Waals surface area contributed by atoms with Gasteiger partial charge in [0.05, 0.1) is 12.8 Å². The van der Waals surface area contributed by atoms with Crippen molar-refractivity contribution in [2.24, 2.45) is 0 Å². The van der Waals surface area contributed by atoms with E-state index in [0.29, 0.717) is 12.3 Å². The second-order valence-electron chi connectivity index (χ2n) is 7.15. The van der Waals surface area contributed by atoms with Gasteiger partial charge in [-0.2, -0.15) is 0 Å². The lowest BCUT2D eigenvalue weighted by Crippen LogP contribution is -2.45. The standard InChI is InChI=1S/C21H24N2O2/c1-21(2,3)23(20(24)19-12-8-14-25-19)16-18-11-7-13-22(18)15-17-9-5-4-6-10-17/h4-14H,15-16H2,1-3H3. The molecule has 0 bridgehead atoms. The molecule has 0 fully saturated rings. The van der Waals surface area contributed by atoms with Gasteiger partial charge in [0.15, 0.2) is 5.76 Å². The highest BCUT2D eigenvalue weighted by molar-refractivity contribution is 5.91. The lowest BCUT2D eigenvalue weighted by atomic mass is 10.0. The quantitative estimate of drug-likeness (QED) is 0.684. The molecule has 1 amide bonds. The highest BCUT2D eigenvalue weighted by Crippen LogP contribution is 2.22. The summed E-state index contributed by atoms with van der Waals surface area (Å²) in [6.07, 6.45) is 3.59. The molecule has 0 aliphatic carbocycles. The largest absolute Gasteiger partial charge is 0.459 e. The van der Waals surface area contributed by atoms with Crippen LogP contribution in [0.4, 0.5) is 0 Å². The number of rotatable bonds is 5. The molecule has 3 aromatic rings. The minimum absolute atomic E-state index is 0.0926. The fraction of sp³-hybridized carbons (Fsp3) is 0.286. The summed E-state index contributed by atoms with van der Waals surface area (Å²) < 4.78 is 7.50. The Labute approximate surface area is 148 Å². The molecule has 0 unspecified atom stereocenters. The van der Waals surface area contributed by atoms with Crippen molar-refractivity contribution in [3.63, 3.8) is 0 Å². The average molecular weight is 336 g/mol. The van der Waals surface area contributed by atoms with Crippen molar-refractivity contribution in [1.82, 2.24) is 9.47 Å². The minimum atomic E-state index is -0.314. The monoisotopic (exact) mass is 336 g/mol. The topological polar surface area (TPSA) is 38.4 Å². The van der Waals surface area contributed by atoms with E-state index in [1.807, 2.05) is 49.9 Å². The number of nitrogens with zero attached hydrogens (tertiary/aromatic N) is 2. The molecule has 2 heterocycles. The third-order valence-electron chi connectivity index (χ3n) is 4.23. The highest BCUT2D eigenvalue weighted by atomic mass is 16.3. The van der Waals surface area contributed by atoms with Crippen LogP contribution in [0, 0.1) is 0 Å². The summed E-state index contributed by atoms with van der Waals surface area (Å²) in [7, 11) is 0. The molecule has 0 saturated heterocycles. The molecule has 0 N–H and O–H groups in total. The van der Waals surface area contributed by atoms with Crippen molar-refractivity contribution in [2.75, 3.05) is 0 Å². The Morgan fingerprint density at radius 1 is 1.04 bits per heavy atom. The van der Waals surface area contributed by atoms with E-state index in [1.54, 1.807) is 12.1 Å². The number of benzene rings is 1. The third kappa shape index (κ3) is 4.02. The van der Waals surface area contributed by atoms with E-state index in [4.69, 9.17) is 4.42 Å². The minimum Gasteiger partial charge on any atom is -0.459 e. The Bertz CT molecular complexity index is 811. The van der Waals surface area contributed by atoms with Crippen LogP contribution in [0.1, 0.15) is 42.6 Å². The van der Waals surface area contributed by atoms with E-state index in [1.165, 1.54) is 11.8 Å². The Kier molecular flexibility index (Phi) is 4.79. The fourth-order valence-corrected chi connectivity index (χ4v) is 2.84. The molecule has 3 rings (SSSR count). The molecule has 0 spiro atoms. The van der Waals surface area contributed by atoms with E-state index < -0.39 is 0 Å². The van der Waals surface area contributed by atoms with Crippen molar-refractivity contribution < 1.29 is 9.21 Å². The zero-order chi connectivity index (χ0) is 17.9. The van der Waals surface area contributed by atoms with Crippen LogP contribution in [0.15, 0.2) is 71.5 Å². The van der Waals surface area contributed by atoms with Crippen molar-refractivity contribution in [1.29, 1.82) is 0 Å². The zero-order valence-electron chi connectivity index (χ0n) is 15.0. The lowest BCUT2D eigenvalue weighted by molar-refractivity contribution is 0.0519. The summed E-state index contributed by atoms with van der Waals surface area (Å²) in [6.45, 7) is 7.44. The Hall–Kier alpha value is -2.75. The summed E-state index contributed by atoms with van der Waals surface area (Å²) in [4.78, 5) is 14.7. The van der Waals surface area contributed by atoms with Crippen LogP contribution < -0.4 is 0 Å². The van der Waals surface area contributed by atoms with Crippen molar-refractivity contribution in [3.05, 3.63) is 84.1 Å². The molecular formula is C21H24N2O2. The summed E-state index contributed by atoms with van der Waals surface area (Å²) in [5.41, 5.74) is 2.02. The van der Waals surface area contributed by atoms with Crippen LogP contribution in [0.25, 0.3) is 0 Å². The number of amides is 1. The number of carbonyl (C=O) groups excluding carboxylic acids is 1. The summed E-state index contributed by atoms with van der Waals surface area (Å²) >= 11 is 0. The van der Waals surface area contributed by atoms with Gasteiger partial charge in [-0.3, -0.25) is 4.79 Å². The number of furan rings is 1. The first-order valence-corrected chi connectivity index (χ1v) is 8.48. The molecule has 130 valence electrons. The van der Waals surface area contributed by atoms with Gasteiger partial charge in [-0.15, -0.1) is 0 Å². The first-order valence-electron chi connectivity index (χ1n) is 8.48. The molecule has 1 aromatic carbocycles. The Morgan fingerprint density at radius 2 is 1.80 bits per heavy atom. The predicted octanol–water partition coefficient (Wildman–Crippen LogP) is 4.57. The number of hydrogen-bond donors (Lipinski definition) is 0. The van der Waals surface area contributed by atoms with Crippen molar-refractivity contribution in [2.45, 2.75) is 39.4 Å². The maximum absolute atomic E-state index is 12.9. The van der Waals surface area contributed by atoms with Crippen LogP contribution in [0.2, 0.25) is 0 Å². The van der Waals surface area contributed by atoms with Crippen molar-refractivity contribution in [3.8, 4) is 0 Å². The number of hydrogen-bond acceptors (Lipinski definition) is 2. The molecule has 25 heavy (non-hydrogen) atoms. The molecular weight excluding hydrogens is 312 g/mol. The predicted molar refractivity (Wildman–Crippen MR) is 98.3 cm³/mol. The molecule has 0 aliphatic heterocycles. The first kappa shape index (κ1) is 17.1. The van der Waals surface area contributed by atoms with E-state index >= 15 is 0 Å². The van der Waals surface area contributed by atoms with Gasteiger partial charge in [-0.25, -0.2) is 0 Å². The molecule has 4 heteroatoms.